The number of nitrogens with one attached hydrogen (secondary N) is 2. The molecule has 4 aliphatic heterocycles. The van der Waals surface area contributed by atoms with Crippen molar-refractivity contribution in [3.63, 3.8) is 0 Å². The van der Waals surface area contributed by atoms with Crippen LogP contribution in [0.25, 0.3) is 0 Å². The standard InChI is InChI=1S/C31H41FN6O4/c1-3-26(39)38-16-15-37(18-20(38)11-13-33)29-23-10-12-31(17-24(32)22-8-4-5-9-25(22)42-31)28(40)27(23)34-30(35-29)41-19-21-7-6-14-36(21)2/h3-5,8-9,20-21,23-24,27,29-30,34-35H,1,6-7,10-12,14-19H2,2H3/t20?,21?,23?,24?,27?,29?,30?,31-/m1/s1. The third-order valence-electron chi connectivity index (χ3n) is 9.99. The van der Waals surface area contributed by atoms with Gasteiger partial charge in [0.2, 0.25) is 5.91 Å². The average molecular weight is 581 g/mol. The summed E-state index contributed by atoms with van der Waals surface area (Å²) in [5.74, 6) is -0.00502. The van der Waals surface area contributed by atoms with Gasteiger partial charge in [0.05, 0.1) is 37.3 Å². The van der Waals surface area contributed by atoms with Crippen LogP contribution < -0.4 is 15.4 Å². The highest BCUT2D eigenvalue weighted by Gasteiger charge is 2.58. The third kappa shape index (κ3) is 5.35. The Morgan fingerprint density at radius 2 is 2.10 bits per heavy atom. The van der Waals surface area contributed by atoms with Gasteiger partial charge in [-0.25, -0.2) is 4.39 Å². The van der Waals surface area contributed by atoms with E-state index in [2.05, 4.69) is 40.1 Å². The maximum absolute atomic E-state index is 15.5. The predicted octanol–water partition coefficient (Wildman–Crippen LogP) is 2.09. The topological polar surface area (TPSA) is 110 Å². The Hall–Kier alpha value is -2.88. The van der Waals surface area contributed by atoms with Crippen molar-refractivity contribution in [1.82, 2.24) is 25.3 Å². The average Bonchev–Trinajstić information content (AvgIpc) is 3.42. The first-order chi connectivity index (χ1) is 20.3. The minimum absolute atomic E-state index is 0.00316. The van der Waals surface area contributed by atoms with E-state index in [1.54, 1.807) is 29.2 Å². The molecule has 3 saturated heterocycles. The number of ether oxygens (including phenoxy) is 2. The molecule has 42 heavy (non-hydrogen) atoms. The summed E-state index contributed by atoms with van der Waals surface area (Å²) < 4.78 is 28.2. The molecule has 4 fully saturated rings. The van der Waals surface area contributed by atoms with Gasteiger partial charge in [-0.15, -0.1) is 0 Å². The molecule has 1 amide bonds. The molecule has 2 N–H and O–H groups in total. The molecule has 1 saturated carbocycles. The molecule has 6 rings (SSSR count). The fourth-order valence-electron chi connectivity index (χ4n) is 7.67. The van der Waals surface area contributed by atoms with E-state index in [0.717, 1.165) is 19.4 Å². The highest BCUT2D eigenvalue weighted by molar-refractivity contribution is 5.94. The van der Waals surface area contributed by atoms with Gasteiger partial charge in [-0.05, 0) is 51.4 Å². The van der Waals surface area contributed by atoms with Crippen molar-refractivity contribution >= 4 is 11.7 Å². The van der Waals surface area contributed by atoms with Gasteiger partial charge >= 0.3 is 0 Å². The highest BCUT2D eigenvalue weighted by Crippen LogP contribution is 2.48. The molecule has 4 heterocycles. The number of hydrogen-bond donors (Lipinski definition) is 2. The van der Waals surface area contributed by atoms with Crippen LogP contribution in [0.3, 0.4) is 0 Å². The van der Waals surface area contributed by atoms with Crippen molar-refractivity contribution in [3.8, 4) is 11.8 Å². The largest absolute Gasteiger partial charge is 0.479 e. The molecule has 0 bridgehead atoms. The fourth-order valence-corrected chi connectivity index (χ4v) is 7.67. The number of carbonyl (C=O) groups excluding carboxylic acids is 2. The number of para-hydroxylation sites is 1. The number of ketones is 1. The van der Waals surface area contributed by atoms with E-state index in [4.69, 9.17) is 9.47 Å². The van der Waals surface area contributed by atoms with Crippen LogP contribution in [0.15, 0.2) is 36.9 Å². The lowest BCUT2D eigenvalue weighted by molar-refractivity contribution is -0.163. The number of piperazine rings is 1. The van der Waals surface area contributed by atoms with Gasteiger partial charge in [0.25, 0.3) is 0 Å². The molecule has 1 aromatic carbocycles. The van der Waals surface area contributed by atoms with Gasteiger partial charge in [-0.2, -0.15) is 5.26 Å². The molecule has 10 nitrogen and oxygen atoms in total. The van der Waals surface area contributed by atoms with Crippen LogP contribution in [-0.4, -0.2) is 102 Å². The van der Waals surface area contributed by atoms with E-state index in [1.807, 2.05) is 0 Å². The Morgan fingerprint density at radius 3 is 2.86 bits per heavy atom. The van der Waals surface area contributed by atoms with Crippen molar-refractivity contribution in [2.75, 3.05) is 39.8 Å². The van der Waals surface area contributed by atoms with Crippen molar-refractivity contribution in [2.45, 2.75) is 80.9 Å². The first-order valence-corrected chi connectivity index (χ1v) is 15.2. The summed E-state index contributed by atoms with van der Waals surface area (Å²) in [6, 6.07) is 8.70. The first-order valence-electron chi connectivity index (χ1n) is 15.2. The maximum Gasteiger partial charge on any atom is 0.246 e. The molecule has 226 valence electrons. The SMILES string of the molecule is C=CC(=O)N1CCN(C2NC(OCC3CCCN3C)NC3C(=O)[C@@]4(CCC32)CC(F)c2ccccc2O4)CC1CC#N. The Bertz CT molecular complexity index is 1240. The number of fused-ring (bicyclic) bond motifs is 2. The Balaban J connectivity index is 1.25. The summed E-state index contributed by atoms with van der Waals surface area (Å²) in [5, 5.41) is 16.6. The zero-order valence-electron chi connectivity index (χ0n) is 24.2. The van der Waals surface area contributed by atoms with Gasteiger partial charge in [-0.3, -0.25) is 25.1 Å². The number of halogens is 1. The van der Waals surface area contributed by atoms with Crippen LogP contribution in [0.4, 0.5) is 4.39 Å². The lowest BCUT2D eigenvalue weighted by atomic mass is 9.68. The number of rotatable bonds is 6. The summed E-state index contributed by atoms with van der Waals surface area (Å²) in [7, 11) is 2.10. The minimum atomic E-state index is -1.28. The first kappa shape index (κ1) is 29.2. The molecule has 1 spiro atoms. The molecule has 8 atom stereocenters. The Labute approximate surface area is 246 Å². The number of nitrogens with zero attached hydrogens (tertiary/aromatic N) is 4. The second-order valence-electron chi connectivity index (χ2n) is 12.4. The highest BCUT2D eigenvalue weighted by atomic mass is 19.1. The van der Waals surface area contributed by atoms with Crippen molar-refractivity contribution in [3.05, 3.63) is 42.5 Å². The summed E-state index contributed by atoms with van der Waals surface area (Å²) in [4.78, 5) is 33.1. The van der Waals surface area contributed by atoms with Gasteiger partial charge in [0, 0.05) is 43.6 Å². The third-order valence-corrected chi connectivity index (χ3v) is 9.99. The number of benzene rings is 1. The number of alkyl halides is 1. The minimum Gasteiger partial charge on any atom is -0.479 e. The number of nitriles is 1. The monoisotopic (exact) mass is 580 g/mol. The number of likely N-dealkylation sites (tertiary alicyclic amines) is 1. The Morgan fingerprint density at radius 1 is 1.26 bits per heavy atom. The zero-order valence-corrected chi connectivity index (χ0v) is 24.2. The van der Waals surface area contributed by atoms with E-state index in [1.165, 1.54) is 6.08 Å². The number of Topliss-reactive ketones (excluding diaryl/α,β-unsaturated/α-hetero) is 1. The molecule has 1 aromatic rings. The molecule has 11 heteroatoms. The number of carbonyl (C=O) groups is 2. The molecular formula is C31H41FN6O4. The van der Waals surface area contributed by atoms with E-state index < -0.39 is 24.2 Å². The number of likely N-dealkylation sites (N-methyl/N-ethyl adjacent to an activating group) is 1. The maximum atomic E-state index is 15.5. The van der Waals surface area contributed by atoms with Crippen molar-refractivity contribution < 1.29 is 23.5 Å². The molecular weight excluding hydrogens is 539 g/mol. The number of amides is 1. The van der Waals surface area contributed by atoms with E-state index in [9.17, 15) is 14.9 Å². The summed E-state index contributed by atoms with van der Waals surface area (Å²) in [6.07, 6.45) is 2.63. The summed E-state index contributed by atoms with van der Waals surface area (Å²) in [5.41, 5.74) is -0.745. The molecule has 7 unspecified atom stereocenters. The fraction of sp³-hybridized carbons (Fsp3) is 0.645. The zero-order chi connectivity index (χ0) is 29.4. The van der Waals surface area contributed by atoms with Gasteiger partial charge in [0.1, 0.15) is 11.9 Å². The lowest BCUT2D eigenvalue weighted by Gasteiger charge is -2.55. The predicted molar refractivity (Wildman–Crippen MR) is 153 cm³/mol. The summed E-state index contributed by atoms with van der Waals surface area (Å²) >= 11 is 0. The molecule has 0 aromatic heterocycles. The van der Waals surface area contributed by atoms with E-state index in [0.29, 0.717) is 56.4 Å². The van der Waals surface area contributed by atoms with Crippen LogP contribution in [0, 0.1) is 17.2 Å². The Kier molecular flexibility index (Phi) is 8.35. The van der Waals surface area contributed by atoms with Crippen LogP contribution in [0.1, 0.15) is 50.3 Å². The normalized spacial score (nSPS) is 37.0. The lowest BCUT2D eigenvalue weighted by Crippen LogP contribution is -2.76. The van der Waals surface area contributed by atoms with Crippen LogP contribution >= 0.6 is 0 Å². The smallest absolute Gasteiger partial charge is 0.246 e. The second kappa shape index (κ2) is 12.0. The molecule has 1 aliphatic carbocycles. The quantitative estimate of drug-likeness (QED) is 0.489. The van der Waals surface area contributed by atoms with Crippen LogP contribution in [0.2, 0.25) is 0 Å². The van der Waals surface area contributed by atoms with Gasteiger partial charge in [-0.1, -0.05) is 24.8 Å². The number of hydrogen-bond acceptors (Lipinski definition) is 9. The summed E-state index contributed by atoms with van der Waals surface area (Å²) in [6.45, 7) is 6.70. The van der Waals surface area contributed by atoms with Crippen molar-refractivity contribution in [1.29, 1.82) is 5.26 Å². The molecule has 0 radical (unpaired) electrons. The van der Waals surface area contributed by atoms with Gasteiger partial charge in [0.15, 0.2) is 17.7 Å². The van der Waals surface area contributed by atoms with Crippen LogP contribution in [-0.2, 0) is 14.3 Å². The second-order valence-corrected chi connectivity index (χ2v) is 12.4. The van der Waals surface area contributed by atoms with E-state index in [-0.39, 0.29) is 42.7 Å². The van der Waals surface area contributed by atoms with E-state index >= 15 is 4.39 Å². The molecule has 5 aliphatic rings. The van der Waals surface area contributed by atoms with Gasteiger partial charge < -0.3 is 19.3 Å². The van der Waals surface area contributed by atoms with Crippen molar-refractivity contribution in [2.24, 2.45) is 5.92 Å². The van der Waals surface area contributed by atoms with Crippen LogP contribution in [0.5, 0.6) is 5.75 Å².